The van der Waals surface area contributed by atoms with Crippen molar-refractivity contribution in [2.45, 2.75) is 168 Å². The van der Waals surface area contributed by atoms with Gasteiger partial charge >= 0.3 is 12.2 Å². The SMILES string of the molecule is COC(=O)N[C@H](C(=O)N1CCC[C@H]1C1=NC=C(c2ccc(-c3ccc(C4=CN=C([C@@H]5CCCC[C@H]5C(=O)NCc5cccnc5)C4)cc3)cc2)C1)C(C)C.COC(=O)N[C@H](C(=O)N1CCC[C@H]1C1=NC=C(c2ccc(-c3ccc(C4=CN=C([C@H]5CCCC[C@@H]5C(=O)NCc5cccnc5)C4)cc3)cc2)C1)C(C)C. The molecule has 6 aromatic rings. The van der Waals surface area contributed by atoms with Crippen LogP contribution in [0.15, 0.2) is 191 Å². The van der Waals surface area contributed by atoms with Crippen molar-refractivity contribution >= 4 is 81.0 Å². The Morgan fingerprint density at radius 3 is 1.04 bits per heavy atom. The first-order chi connectivity index (χ1) is 52.6. The van der Waals surface area contributed by atoms with E-state index in [1.165, 1.54) is 25.4 Å². The number of ether oxygens (including phenoxy) is 2. The van der Waals surface area contributed by atoms with Gasteiger partial charge in [-0.05, 0) is 153 Å². The lowest BCUT2D eigenvalue weighted by molar-refractivity contribution is -0.134. The van der Waals surface area contributed by atoms with Crippen LogP contribution in [0.5, 0.6) is 0 Å². The topological polar surface area (TPSA) is 251 Å². The predicted molar refractivity (Wildman–Crippen MR) is 425 cm³/mol. The van der Waals surface area contributed by atoms with E-state index in [4.69, 9.17) is 29.4 Å². The lowest BCUT2D eigenvalue weighted by Crippen LogP contribution is -2.53. The van der Waals surface area contributed by atoms with Crippen LogP contribution in [0.1, 0.15) is 164 Å². The molecular weight excluding hydrogens is 1350 g/mol. The van der Waals surface area contributed by atoms with Crippen molar-refractivity contribution in [1.29, 1.82) is 0 Å². The van der Waals surface area contributed by atoms with Crippen molar-refractivity contribution in [2.75, 3.05) is 27.3 Å². The third-order valence-corrected chi connectivity index (χ3v) is 22.8. The predicted octanol–water partition coefficient (Wildman–Crippen LogP) is 15.2. The van der Waals surface area contributed by atoms with Crippen LogP contribution in [0.4, 0.5) is 9.59 Å². The first kappa shape index (κ1) is 75.5. The summed E-state index contributed by atoms with van der Waals surface area (Å²) in [5.74, 6) is 0.157. The van der Waals surface area contributed by atoms with Gasteiger partial charge in [0.2, 0.25) is 23.6 Å². The number of hydrogen-bond acceptors (Lipinski definition) is 14. The Bertz CT molecular complexity index is 4220. The molecule has 2 aromatic heterocycles. The summed E-state index contributed by atoms with van der Waals surface area (Å²) in [5, 5.41) is 11.7. The molecule has 0 unspecified atom stereocenters. The Labute approximate surface area is 634 Å². The monoisotopic (exact) mass is 1450 g/mol. The lowest BCUT2D eigenvalue weighted by atomic mass is 9.75. The molecule has 560 valence electrons. The molecule has 0 spiro atoms. The molecule has 8 atom stereocenters. The van der Waals surface area contributed by atoms with E-state index in [1.807, 2.05) is 86.6 Å². The second-order valence-corrected chi connectivity index (χ2v) is 30.4. The number of carbonyl (C=O) groups excluding carboxylic acids is 6. The molecule has 6 amide bonds. The molecule has 0 bridgehead atoms. The van der Waals surface area contributed by atoms with Gasteiger partial charge in [0.15, 0.2) is 0 Å². The number of pyridine rings is 2. The number of carbonyl (C=O) groups is 6. The molecule has 2 aliphatic carbocycles. The van der Waals surface area contributed by atoms with Gasteiger partial charge in [-0.25, -0.2) is 9.59 Å². The van der Waals surface area contributed by atoms with E-state index in [0.717, 1.165) is 180 Å². The number of aromatic nitrogens is 2. The molecule has 14 rings (SSSR count). The quantitative estimate of drug-likeness (QED) is 0.0500. The molecule has 20 heteroatoms. The summed E-state index contributed by atoms with van der Waals surface area (Å²) in [4.78, 5) is 109. The number of benzene rings is 4. The fourth-order valence-electron chi connectivity index (χ4n) is 16.7. The fraction of sp³-hybridized carbons (Fsp3) is 0.409. The minimum Gasteiger partial charge on any atom is -0.453 e. The smallest absolute Gasteiger partial charge is 0.407 e. The third kappa shape index (κ3) is 17.9. The Morgan fingerprint density at radius 2 is 0.722 bits per heavy atom. The van der Waals surface area contributed by atoms with Gasteiger partial charge in [-0.1, -0.05) is 163 Å². The van der Waals surface area contributed by atoms with Crippen LogP contribution in [0, 0.1) is 35.5 Å². The molecule has 8 aliphatic rings. The van der Waals surface area contributed by atoms with Crippen molar-refractivity contribution in [1.82, 2.24) is 41.0 Å². The zero-order chi connectivity index (χ0) is 75.2. The minimum absolute atomic E-state index is 0.0497. The van der Waals surface area contributed by atoms with E-state index in [9.17, 15) is 28.8 Å². The van der Waals surface area contributed by atoms with Crippen LogP contribution < -0.4 is 21.3 Å². The number of amides is 6. The molecular formula is C88H100N12O8. The highest BCUT2D eigenvalue weighted by molar-refractivity contribution is 6.06. The van der Waals surface area contributed by atoms with Crippen molar-refractivity contribution in [3.8, 4) is 22.3 Å². The average Bonchev–Trinajstić information content (AvgIpc) is 1.66. The van der Waals surface area contributed by atoms with E-state index < -0.39 is 24.3 Å². The molecule has 108 heavy (non-hydrogen) atoms. The van der Waals surface area contributed by atoms with E-state index in [2.05, 4.69) is 128 Å². The zero-order valence-electron chi connectivity index (χ0n) is 62.9. The first-order valence-corrected chi connectivity index (χ1v) is 38.7. The maximum Gasteiger partial charge on any atom is 0.407 e. The number of alkyl carbamates (subject to hydrolysis) is 2. The number of likely N-dealkylation sites (tertiary alicyclic amines) is 2. The zero-order valence-corrected chi connectivity index (χ0v) is 62.9. The van der Waals surface area contributed by atoms with Gasteiger partial charge in [-0.15, -0.1) is 0 Å². The third-order valence-electron chi connectivity index (χ3n) is 22.8. The van der Waals surface area contributed by atoms with Crippen LogP contribution in [-0.4, -0.2) is 130 Å². The Hall–Kier alpha value is -10.8. The standard InChI is InChI=1S/2C44H50N6O4/c2*1-28(2)41(49-44(53)54-3)43(52)50-21-7-11-40(50)39-23-35(27-47-39)33-18-14-31(15-19-33)30-12-16-32(17-13-30)34-22-38(46-26-34)36-9-4-5-10-37(36)42(51)48-25-29-8-6-20-45-24-29/h2*6,8,12-20,24,26-28,36-37,40-41H,4-5,7,9-11,21-23,25H2,1-3H3,(H,48,51)(H,49,53)/t36-,37-,40+,41+;36-,37-,40-,41-/m10/s1. The summed E-state index contributed by atoms with van der Waals surface area (Å²) in [6.07, 6.45) is 28.4. The Kier molecular flexibility index (Phi) is 24.7. The molecule has 0 radical (unpaired) electrons. The van der Waals surface area contributed by atoms with Crippen molar-refractivity contribution in [2.24, 2.45) is 55.5 Å². The van der Waals surface area contributed by atoms with Crippen molar-refractivity contribution in [3.63, 3.8) is 0 Å². The molecule has 8 heterocycles. The van der Waals surface area contributed by atoms with Gasteiger partial charge in [0, 0.05) is 148 Å². The van der Waals surface area contributed by atoms with Crippen LogP contribution in [-0.2, 0) is 41.7 Å². The van der Waals surface area contributed by atoms with Crippen molar-refractivity contribution < 1.29 is 38.2 Å². The Morgan fingerprint density at radius 1 is 0.407 bits per heavy atom. The first-order valence-electron chi connectivity index (χ1n) is 38.7. The summed E-state index contributed by atoms with van der Waals surface area (Å²) in [7, 11) is 2.62. The van der Waals surface area contributed by atoms with Crippen LogP contribution in [0.25, 0.3) is 44.5 Å². The maximum absolute atomic E-state index is 13.6. The molecule has 2 saturated carbocycles. The van der Waals surface area contributed by atoms with Crippen molar-refractivity contribution in [3.05, 3.63) is 204 Å². The molecule has 20 nitrogen and oxygen atoms in total. The molecule has 2 saturated heterocycles. The largest absolute Gasteiger partial charge is 0.453 e. The Balaban J connectivity index is 0.000000190. The van der Waals surface area contributed by atoms with Crippen LogP contribution in [0.3, 0.4) is 0 Å². The molecule has 4 fully saturated rings. The molecule has 4 aromatic carbocycles. The number of aliphatic imine (C=N–C) groups is 4. The van der Waals surface area contributed by atoms with Gasteiger partial charge < -0.3 is 40.5 Å². The maximum atomic E-state index is 13.6. The number of nitrogens with one attached hydrogen (secondary N) is 4. The lowest BCUT2D eigenvalue weighted by Gasteiger charge is -2.31. The van der Waals surface area contributed by atoms with E-state index in [-0.39, 0.29) is 71.2 Å². The highest BCUT2D eigenvalue weighted by Crippen LogP contribution is 2.41. The second-order valence-electron chi connectivity index (χ2n) is 30.4. The van der Waals surface area contributed by atoms with Gasteiger partial charge in [0.1, 0.15) is 12.1 Å². The highest BCUT2D eigenvalue weighted by Gasteiger charge is 2.42. The van der Waals surface area contributed by atoms with Gasteiger partial charge in [0.25, 0.3) is 0 Å². The highest BCUT2D eigenvalue weighted by atomic mass is 16.5. The number of nitrogens with zero attached hydrogens (tertiary/aromatic N) is 8. The fourth-order valence-corrected chi connectivity index (χ4v) is 16.7. The normalized spacial score (nSPS) is 21.6. The van der Waals surface area contributed by atoms with Crippen LogP contribution in [0.2, 0.25) is 0 Å². The van der Waals surface area contributed by atoms with E-state index >= 15 is 0 Å². The average molecular weight is 1450 g/mol. The summed E-state index contributed by atoms with van der Waals surface area (Å²) in [6, 6.07) is 40.9. The summed E-state index contributed by atoms with van der Waals surface area (Å²) in [6.45, 7) is 9.99. The van der Waals surface area contributed by atoms with E-state index in [0.29, 0.717) is 39.0 Å². The van der Waals surface area contributed by atoms with Gasteiger partial charge in [-0.2, -0.15) is 0 Å². The number of allylic oxidation sites excluding steroid dienone is 4. The van der Waals surface area contributed by atoms with Gasteiger partial charge in [0.05, 0.1) is 26.3 Å². The number of rotatable bonds is 22. The van der Waals surface area contributed by atoms with E-state index in [1.54, 1.807) is 24.8 Å². The molecule has 4 N–H and O–H groups in total. The summed E-state index contributed by atoms with van der Waals surface area (Å²) < 4.78 is 9.54. The number of hydrogen-bond donors (Lipinski definition) is 4. The molecule has 6 aliphatic heterocycles. The van der Waals surface area contributed by atoms with Gasteiger partial charge in [-0.3, -0.25) is 49.1 Å². The minimum atomic E-state index is -0.646. The summed E-state index contributed by atoms with van der Waals surface area (Å²) in [5.41, 5.74) is 20.0. The summed E-state index contributed by atoms with van der Waals surface area (Å²) >= 11 is 0. The van der Waals surface area contributed by atoms with Crippen LogP contribution >= 0.6 is 0 Å². The number of methoxy groups -OCH3 is 2. The second kappa shape index (κ2) is 35.3.